The molecule has 3 nitrogen and oxygen atoms in total. The van der Waals surface area contributed by atoms with Gasteiger partial charge in [-0.05, 0) is 11.6 Å². The van der Waals surface area contributed by atoms with Crippen LogP contribution in [0.15, 0.2) is 12.1 Å². The van der Waals surface area contributed by atoms with E-state index in [2.05, 4.69) is 9.47 Å². The van der Waals surface area contributed by atoms with Gasteiger partial charge >= 0.3 is 6.16 Å². The first-order valence-electron chi connectivity index (χ1n) is 4.53. The molecule has 1 aromatic rings. The quantitative estimate of drug-likeness (QED) is 0.579. The summed E-state index contributed by atoms with van der Waals surface area (Å²) in [5.74, 6) is -4.04. The standard InChI is InChI=1S/C10H7F3O3/c11-7-2-1-5(8(12)9(7)13)3-6-4-15-10(14)16-6/h1-2,6H,3-4H2. The molecule has 6 heteroatoms. The van der Waals surface area contributed by atoms with E-state index in [1.54, 1.807) is 0 Å². The van der Waals surface area contributed by atoms with Gasteiger partial charge in [0.1, 0.15) is 12.7 Å². The summed E-state index contributed by atoms with van der Waals surface area (Å²) in [5.41, 5.74) is -0.0535. The topological polar surface area (TPSA) is 35.5 Å². The van der Waals surface area contributed by atoms with Crippen LogP contribution in [0.5, 0.6) is 0 Å². The Labute approximate surface area is 88.8 Å². The van der Waals surface area contributed by atoms with Crippen LogP contribution in [-0.4, -0.2) is 18.9 Å². The van der Waals surface area contributed by atoms with E-state index in [-0.39, 0.29) is 18.6 Å². The van der Waals surface area contributed by atoms with Gasteiger partial charge in [0.2, 0.25) is 0 Å². The molecule has 1 unspecified atom stereocenters. The Bertz CT molecular complexity index is 434. The molecule has 1 aliphatic rings. The lowest BCUT2D eigenvalue weighted by Crippen LogP contribution is -2.15. The minimum atomic E-state index is -1.53. The summed E-state index contributed by atoms with van der Waals surface area (Å²) in [6.07, 6.45) is -1.55. The van der Waals surface area contributed by atoms with Crippen molar-refractivity contribution in [2.24, 2.45) is 0 Å². The Balaban J connectivity index is 2.16. The van der Waals surface area contributed by atoms with Gasteiger partial charge in [-0.1, -0.05) is 6.07 Å². The molecular weight excluding hydrogens is 225 g/mol. The monoisotopic (exact) mass is 232 g/mol. The molecule has 1 heterocycles. The maximum atomic E-state index is 13.2. The Morgan fingerprint density at radius 2 is 2.00 bits per heavy atom. The third-order valence-electron chi connectivity index (χ3n) is 2.21. The number of cyclic esters (lactones) is 2. The predicted molar refractivity (Wildman–Crippen MR) is 46.2 cm³/mol. The van der Waals surface area contributed by atoms with Crippen LogP contribution in [0.1, 0.15) is 5.56 Å². The molecule has 0 N–H and O–H groups in total. The molecule has 0 radical (unpaired) electrons. The number of ether oxygens (including phenoxy) is 2. The van der Waals surface area contributed by atoms with Crippen molar-refractivity contribution in [1.82, 2.24) is 0 Å². The third kappa shape index (κ3) is 1.95. The molecule has 1 atom stereocenters. The van der Waals surface area contributed by atoms with Crippen LogP contribution in [-0.2, 0) is 15.9 Å². The van der Waals surface area contributed by atoms with Gasteiger partial charge < -0.3 is 9.47 Å². The van der Waals surface area contributed by atoms with Gasteiger partial charge in [-0.3, -0.25) is 0 Å². The summed E-state index contributed by atoms with van der Waals surface area (Å²) >= 11 is 0. The van der Waals surface area contributed by atoms with Gasteiger partial charge in [-0.15, -0.1) is 0 Å². The molecule has 1 aromatic carbocycles. The molecule has 0 spiro atoms. The van der Waals surface area contributed by atoms with E-state index >= 15 is 0 Å². The molecule has 1 aliphatic heterocycles. The van der Waals surface area contributed by atoms with Crippen molar-refractivity contribution in [2.75, 3.05) is 6.61 Å². The van der Waals surface area contributed by atoms with Gasteiger partial charge in [0.05, 0.1) is 0 Å². The predicted octanol–water partition coefficient (Wildman–Crippen LogP) is 2.18. The van der Waals surface area contributed by atoms with E-state index < -0.39 is 29.7 Å². The summed E-state index contributed by atoms with van der Waals surface area (Å²) in [4.78, 5) is 10.6. The van der Waals surface area contributed by atoms with E-state index in [0.29, 0.717) is 0 Å². The molecule has 2 rings (SSSR count). The van der Waals surface area contributed by atoms with Crippen LogP contribution in [0.2, 0.25) is 0 Å². The maximum Gasteiger partial charge on any atom is 0.508 e. The number of halogens is 3. The van der Waals surface area contributed by atoms with Crippen LogP contribution in [0.25, 0.3) is 0 Å². The lowest BCUT2D eigenvalue weighted by Gasteiger charge is -2.07. The third-order valence-corrected chi connectivity index (χ3v) is 2.21. The normalized spacial score (nSPS) is 19.4. The maximum absolute atomic E-state index is 13.2. The van der Waals surface area contributed by atoms with Gasteiger partial charge in [0.15, 0.2) is 17.5 Å². The first kappa shape index (κ1) is 10.8. The summed E-state index contributed by atoms with van der Waals surface area (Å²) in [5, 5.41) is 0. The first-order valence-corrected chi connectivity index (χ1v) is 4.53. The molecule has 1 fully saturated rings. The summed E-state index contributed by atoms with van der Waals surface area (Å²) in [6, 6.07) is 1.94. The lowest BCUT2D eigenvalue weighted by molar-refractivity contribution is 0.118. The van der Waals surface area contributed by atoms with E-state index in [9.17, 15) is 18.0 Å². The van der Waals surface area contributed by atoms with Crippen LogP contribution in [0, 0.1) is 17.5 Å². The summed E-state index contributed by atoms with van der Waals surface area (Å²) < 4.78 is 47.8. The highest BCUT2D eigenvalue weighted by molar-refractivity contribution is 5.61. The highest BCUT2D eigenvalue weighted by Gasteiger charge is 2.27. The molecule has 16 heavy (non-hydrogen) atoms. The zero-order valence-electron chi connectivity index (χ0n) is 8.00. The van der Waals surface area contributed by atoms with Crippen molar-refractivity contribution in [3.8, 4) is 0 Å². The second-order valence-electron chi connectivity index (χ2n) is 3.34. The zero-order valence-corrected chi connectivity index (χ0v) is 8.00. The zero-order chi connectivity index (χ0) is 11.7. The lowest BCUT2D eigenvalue weighted by atomic mass is 10.1. The Morgan fingerprint density at radius 3 is 2.62 bits per heavy atom. The number of carbonyl (C=O) groups excluding carboxylic acids is 1. The number of benzene rings is 1. The van der Waals surface area contributed by atoms with Gasteiger partial charge in [-0.25, -0.2) is 18.0 Å². The molecule has 86 valence electrons. The van der Waals surface area contributed by atoms with Crippen LogP contribution >= 0.6 is 0 Å². The minimum absolute atomic E-state index is 0.0166. The SMILES string of the molecule is O=C1OCC(Cc2ccc(F)c(F)c2F)O1. The molecule has 0 aromatic heterocycles. The number of rotatable bonds is 2. The average Bonchev–Trinajstić information content (AvgIpc) is 2.65. The molecule has 0 amide bonds. The van der Waals surface area contributed by atoms with E-state index in [1.807, 2.05) is 0 Å². The van der Waals surface area contributed by atoms with Crippen molar-refractivity contribution >= 4 is 6.16 Å². The van der Waals surface area contributed by atoms with Crippen molar-refractivity contribution < 1.29 is 27.4 Å². The number of hydrogen-bond acceptors (Lipinski definition) is 3. The smallest absolute Gasteiger partial charge is 0.430 e. The fraction of sp³-hybridized carbons (Fsp3) is 0.300. The molecular formula is C10H7F3O3. The summed E-state index contributed by atoms with van der Waals surface area (Å²) in [7, 11) is 0. The molecule has 0 saturated carbocycles. The average molecular weight is 232 g/mol. The highest BCUT2D eigenvalue weighted by Crippen LogP contribution is 2.19. The van der Waals surface area contributed by atoms with E-state index in [0.717, 1.165) is 12.1 Å². The molecule has 0 aliphatic carbocycles. The van der Waals surface area contributed by atoms with Crippen molar-refractivity contribution in [3.63, 3.8) is 0 Å². The van der Waals surface area contributed by atoms with Crippen molar-refractivity contribution in [2.45, 2.75) is 12.5 Å². The highest BCUT2D eigenvalue weighted by atomic mass is 19.2. The van der Waals surface area contributed by atoms with E-state index in [4.69, 9.17) is 0 Å². The van der Waals surface area contributed by atoms with Crippen molar-refractivity contribution in [3.05, 3.63) is 35.1 Å². The fourth-order valence-electron chi connectivity index (χ4n) is 1.43. The van der Waals surface area contributed by atoms with Gasteiger partial charge in [-0.2, -0.15) is 0 Å². The Kier molecular flexibility index (Phi) is 2.72. The van der Waals surface area contributed by atoms with Crippen LogP contribution in [0.3, 0.4) is 0 Å². The summed E-state index contributed by atoms with van der Waals surface area (Å²) in [6.45, 7) is -0.0166. The Morgan fingerprint density at radius 1 is 1.25 bits per heavy atom. The number of hydrogen-bond donors (Lipinski definition) is 0. The second-order valence-corrected chi connectivity index (χ2v) is 3.34. The molecule has 0 bridgehead atoms. The second kappa shape index (κ2) is 4.03. The van der Waals surface area contributed by atoms with Gasteiger partial charge in [0.25, 0.3) is 0 Å². The number of carbonyl (C=O) groups is 1. The van der Waals surface area contributed by atoms with Crippen LogP contribution in [0.4, 0.5) is 18.0 Å². The van der Waals surface area contributed by atoms with Crippen molar-refractivity contribution in [1.29, 1.82) is 0 Å². The largest absolute Gasteiger partial charge is 0.508 e. The Hall–Kier alpha value is -1.72. The minimum Gasteiger partial charge on any atom is -0.430 e. The van der Waals surface area contributed by atoms with Gasteiger partial charge in [0, 0.05) is 6.42 Å². The van der Waals surface area contributed by atoms with E-state index in [1.165, 1.54) is 0 Å². The van der Waals surface area contributed by atoms with Crippen LogP contribution < -0.4 is 0 Å². The fourth-order valence-corrected chi connectivity index (χ4v) is 1.43. The molecule has 1 saturated heterocycles. The first-order chi connectivity index (χ1) is 7.58.